The maximum atomic E-state index is 11.4. The first-order chi connectivity index (χ1) is 7.81. The summed E-state index contributed by atoms with van der Waals surface area (Å²) in [5.41, 5.74) is 3.36. The van der Waals surface area contributed by atoms with Crippen LogP contribution in [-0.2, 0) is 9.63 Å². The average Bonchev–Trinajstić information content (AvgIpc) is 3.15. The molecule has 1 unspecified atom stereocenters. The van der Waals surface area contributed by atoms with Crippen LogP contribution in [0.15, 0.2) is 24.4 Å². The SMILES string of the molecule is CCC(ONC(=O)C1CC1)c1ccccn1. The van der Waals surface area contributed by atoms with Gasteiger partial charge in [-0.25, -0.2) is 5.48 Å². The van der Waals surface area contributed by atoms with Gasteiger partial charge in [-0.2, -0.15) is 0 Å². The summed E-state index contributed by atoms with van der Waals surface area (Å²) in [6.07, 6.45) is 4.31. The summed E-state index contributed by atoms with van der Waals surface area (Å²) in [7, 11) is 0. The highest BCUT2D eigenvalue weighted by Gasteiger charge is 2.30. The van der Waals surface area contributed by atoms with Gasteiger partial charge in [-0.05, 0) is 31.4 Å². The zero-order valence-electron chi connectivity index (χ0n) is 9.35. The van der Waals surface area contributed by atoms with Crippen molar-refractivity contribution in [2.24, 2.45) is 5.92 Å². The Kier molecular flexibility index (Phi) is 3.51. The minimum Gasteiger partial charge on any atom is -0.272 e. The largest absolute Gasteiger partial charge is 0.272 e. The lowest BCUT2D eigenvalue weighted by Gasteiger charge is -2.15. The van der Waals surface area contributed by atoms with Gasteiger partial charge in [0.05, 0.1) is 5.69 Å². The Bertz CT molecular complexity index is 349. The number of hydroxylamine groups is 1. The molecule has 1 fully saturated rings. The first-order valence-electron chi connectivity index (χ1n) is 5.67. The monoisotopic (exact) mass is 220 g/mol. The molecular formula is C12H16N2O2. The van der Waals surface area contributed by atoms with Crippen LogP contribution < -0.4 is 5.48 Å². The molecule has 0 bridgehead atoms. The van der Waals surface area contributed by atoms with E-state index in [1.165, 1.54) is 0 Å². The summed E-state index contributed by atoms with van der Waals surface area (Å²) < 4.78 is 0. The van der Waals surface area contributed by atoms with Gasteiger partial charge in [-0.1, -0.05) is 13.0 Å². The fraction of sp³-hybridized carbons (Fsp3) is 0.500. The van der Waals surface area contributed by atoms with Crippen LogP contribution in [0.25, 0.3) is 0 Å². The van der Waals surface area contributed by atoms with Crippen LogP contribution in [0.1, 0.15) is 38.0 Å². The molecule has 0 aliphatic heterocycles. The van der Waals surface area contributed by atoms with Crippen LogP contribution in [0.5, 0.6) is 0 Å². The number of nitrogens with zero attached hydrogens (tertiary/aromatic N) is 1. The number of carbonyl (C=O) groups is 1. The summed E-state index contributed by atoms with van der Waals surface area (Å²) in [6, 6.07) is 5.67. The van der Waals surface area contributed by atoms with Crippen LogP contribution in [-0.4, -0.2) is 10.9 Å². The number of aromatic nitrogens is 1. The third-order valence-electron chi connectivity index (χ3n) is 2.64. The maximum absolute atomic E-state index is 11.4. The molecule has 1 aliphatic rings. The topological polar surface area (TPSA) is 51.2 Å². The first kappa shape index (κ1) is 11.1. The number of rotatable bonds is 5. The number of nitrogens with one attached hydrogen (secondary N) is 1. The molecule has 1 aromatic heterocycles. The summed E-state index contributed by atoms with van der Waals surface area (Å²) in [4.78, 5) is 21.0. The van der Waals surface area contributed by atoms with E-state index in [1.54, 1.807) is 6.20 Å². The van der Waals surface area contributed by atoms with Crippen LogP contribution >= 0.6 is 0 Å². The van der Waals surface area contributed by atoms with Crippen molar-refractivity contribution in [1.82, 2.24) is 10.5 Å². The molecule has 1 aliphatic carbocycles. The number of amides is 1. The van der Waals surface area contributed by atoms with E-state index in [0.29, 0.717) is 0 Å². The number of hydrogen-bond donors (Lipinski definition) is 1. The van der Waals surface area contributed by atoms with Crippen molar-refractivity contribution < 1.29 is 9.63 Å². The minimum atomic E-state index is -0.163. The minimum absolute atomic E-state index is 0.00520. The third-order valence-corrected chi connectivity index (χ3v) is 2.64. The molecule has 0 spiro atoms. The molecule has 1 amide bonds. The van der Waals surface area contributed by atoms with Crippen LogP contribution in [0.4, 0.5) is 0 Å². The number of pyridine rings is 1. The quantitative estimate of drug-likeness (QED) is 0.772. The fourth-order valence-corrected chi connectivity index (χ4v) is 1.48. The van der Waals surface area contributed by atoms with Crippen molar-refractivity contribution in [2.45, 2.75) is 32.3 Å². The van der Waals surface area contributed by atoms with Gasteiger partial charge in [0.1, 0.15) is 6.10 Å². The summed E-state index contributed by atoms with van der Waals surface area (Å²) in [5, 5.41) is 0. The number of carbonyl (C=O) groups excluding carboxylic acids is 1. The summed E-state index contributed by atoms with van der Waals surface area (Å²) in [6.45, 7) is 2.00. The van der Waals surface area contributed by atoms with Gasteiger partial charge in [0.2, 0.25) is 5.91 Å². The van der Waals surface area contributed by atoms with Crippen LogP contribution in [0.2, 0.25) is 0 Å². The molecular weight excluding hydrogens is 204 g/mol. The lowest BCUT2D eigenvalue weighted by molar-refractivity contribution is -0.140. The van der Waals surface area contributed by atoms with E-state index in [1.807, 2.05) is 25.1 Å². The van der Waals surface area contributed by atoms with Crippen molar-refractivity contribution in [3.05, 3.63) is 30.1 Å². The van der Waals surface area contributed by atoms with E-state index in [4.69, 9.17) is 4.84 Å². The smallest absolute Gasteiger partial charge is 0.246 e. The van der Waals surface area contributed by atoms with Gasteiger partial charge in [0, 0.05) is 12.1 Å². The molecule has 16 heavy (non-hydrogen) atoms. The molecule has 1 heterocycles. The standard InChI is InChI=1S/C12H16N2O2/c1-2-11(10-5-3-4-8-13-10)16-14-12(15)9-6-7-9/h3-5,8-9,11H,2,6-7H2,1H3,(H,14,15). The van der Waals surface area contributed by atoms with Gasteiger partial charge in [0.15, 0.2) is 0 Å². The Balaban J connectivity index is 1.88. The Hall–Kier alpha value is -1.42. The lowest BCUT2D eigenvalue weighted by Crippen LogP contribution is -2.27. The highest BCUT2D eigenvalue weighted by Crippen LogP contribution is 2.29. The highest BCUT2D eigenvalue weighted by atomic mass is 16.7. The van der Waals surface area contributed by atoms with E-state index in [2.05, 4.69) is 10.5 Å². The van der Waals surface area contributed by atoms with Crippen molar-refractivity contribution in [3.63, 3.8) is 0 Å². The van der Waals surface area contributed by atoms with E-state index in [9.17, 15) is 4.79 Å². The molecule has 1 atom stereocenters. The van der Waals surface area contributed by atoms with Gasteiger partial charge in [-0.15, -0.1) is 0 Å². The Morgan fingerprint density at radius 2 is 2.44 bits per heavy atom. The predicted molar refractivity (Wildman–Crippen MR) is 59.2 cm³/mol. The third kappa shape index (κ3) is 2.79. The van der Waals surface area contributed by atoms with E-state index < -0.39 is 0 Å². The molecule has 4 nitrogen and oxygen atoms in total. The van der Waals surface area contributed by atoms with E-state index in [0.717, 1.165) is 25.0 Å². The Labute approximate surface area is 95.0 Å². The van der Waals surface area contributed by atoms with Crippen molar-refractivity contribution >= 4 is 5.91 Å². The van der Waals surface area contributed by atoms with Crippen LogP contribution in [0.3, 0.4) is 0 Å². The molecule has 0 radical (unpaired) electrons. The second-order valence-electron chi connectivity index (χ2n) is 4.01. The second kappa shape index (κ2) is 5.07. The lowest BCUT2D eigenvalue weighted by atomic mass is 10.2. The normalized spacial score (nSPS) is 16.8. The summed E-state index contributed by atoms with van der Waals surface area (Å²) in [5.74, 6) is 0.163. The van der Waals surface area contributed by atoms with Crippen LogP contribution in [0, 0.1) is 5.92 Å². The van der Waals surface area contributed by atoms with Gasteiger partial charge in [0.25, 0.3) is 0 Å². The zero-order chi connectivity index (χ0) is 11.4. The van der Waals surface area contributed by atoms with Crippen molar-refractivity contribution in [3.8, 4) is 0 Å². The molecule has 2 rings (SSSR count). The van der Waals surface area contributed by atoms with Gasteiger partial charge in [-0.3, -0.25) is 14.6 Å². The maximum Gasteiger partial charge on any atom is 0.246 e. The van der Waals surface area contributed by atoms with Crippen molar-refractivity contribution in [1.29, 1.82) is 0 Å². The predicted octanol–water partition coefficient (Wildman–Crippen LogP) is 1.99. The second-order valence-corrected chi connectivity index (χ2v) is 4.01. The highest BCUT2D eigenvalue weighted by molar-refractivity contribution is 5.79. The molecule has 86 valence electrons. The molecule has 1 saturated carbocycles. The van der Waals surface area contributed by atoms with Crippen molar-refractivity contribution in [2.75, 3.05) is 0 Å². The fourth-order valence-electron chi connectivity index (χ4n) is 1.48. The average molecular weight is 220 g/mol. The first-order valence-corrected chi connectivity index (χ1v) is 5.67. The zero-order valence-corrected chi connectivity index (χ0v) is 9.35. The van der Waals surface area contributed by atoms with E-state index in [-0.39, 0.29) is 17.9 Å². The van der Waals surface area contributed by atoms with Gasteiger partial charge >= 0.3 is 0 Å². The Morgan fingerprint density at radius 1 is 1.62 bits per heavy atom. The summed E-state index contributed by atoms with van der Waals surface area (Å²) >= 11 is 0. The molecule has 1 aromatic rings. The number of hydrogen-bond acceptors (Lipinski definition) is 3. The molecule has 1 N–H and O–H groups in total. The molecule has 0 saturated heterocycles. The Morgan fingerprint density at radius 3 is 3.00 bits per heavy atom. The molecule has 4 heteroatoms. The van der Waals surface area contributed by atoms with E-state index >= 15 is 0 Å². The van der Waals surface area contributed by atoms with Gasteiger partial charge < -0.3 is 0 Å². The molecule has 0 aromatic carbocycles.